The van der Waals surface area contributed by atoms with E-state index < -0.39 is 0 Å². The molecule has 0 aromatic heterocycles. The first-order valence-corrected chi connectivity index (χ1v) is 7.99. The van der Waals surface area contributed by atoms with Gasteiger partial charge in [0.1, 0.15) is 11.5 Å². The van der Waals surface area contributed by atoms with Gasteiger partial charge in [-0.1, -0.05) is 48.5 Å². The quantitative estimate of drug-likeness (QED) is 0.681. The summed E-state index contributed by atoms with van der Waals surface area (Å²) in [6.45, 7) is 1.74. The number of carbonyl (C=O) groups excluding carboxylic acids is 1. The standard InChI is InChI=1S/C21H19NO3/c1-15-7-12-19(20(23)13-15)22-21(24)14-25-18-10-8-17(9-11-18)16-5-3-2-4-6-16/h2-13,23H,14H2,1H3,(H,22,24). The minimum atomic E-state index is -0.328. The molecule has 0 spiro atoms. The van der Waals surface area contributed by atoms with Crippen molar-refractivity contribution in [1.82, 2.24) is 0 Å². The van der Waals surface area contributed by atoms with Gasteiger partial charge in [-0.05, 0) is 47.9 Å². The lowest BCUT2D eigenvalue weighted by atomic mass is 10.1. The van der Waals surface area contributed by atoms with Crippen LogP contribution in [0, 0.1) is 6.92 Å². The second kappa shape index (κ2) is 7.53. The van der Waals surface area contributed by atoms with Gasteiger partial charge in [-0.3, -0.25) is 4.79 Å². The van der Waals surface area contributed by atoms with Crippen molar-refractivity contribution in [2.45, 2.75) is 6.92 Å². The Hall–Kier alpha value is -3.27. The van der Waals surface area contributed by atoms with Gasteiger partial charge in [0.05, 0.1) is 5.69 Å². The molecule has 0 atom stereocenters. The molecule has 0 saturated heterocycles. The Morgan fingerprint density at radius 1 is 0.960 bits per heavy atom. The molecule has 0 bridgehead atoms. The average Bonchev–Trinajstić information content (AvgIpc) is 2.63. The lowest BCUT2D eigenvalue weighted by molar-refractivity contribution is -0.118. The van der Waals surface area contributed by atoms with E-state index in [1.807, 2.05) is 67.6 Å². The van der Waals surface area contributed by atoms with Crippen LogP contribution < -0.4 is 10.1 Å². The number of carbonyl (C=O) groups is 1. The number of aryl methyl sites for hydroxylation is 1. The number of rotatable bonds is 5. The summed E-state index contributed by atoms with van der Waals surface area (Å²) in [7, 11) is 0. The highest BCUT2D eigenvalue weighted by atomic mass is 16.5. The highest BCUT2D eigenvalue weighted by Gasteiger charge is 2.07. The van der Waals surface area contributed by atoms with E-state index in [0.29, 0.717) is 11.4 Å². The molecule has 2 N–H and O–H groups in total. The molecule has 126 valence electrons. The number of benzene rings is 3. The predicted octanol–water partition coefficient (Wildman–Crippen LogP) is 4.39. The molecule has 4 heteroatoms. The van der Waals surface area contributed by atoms with Crippen molar-refractivity contribution < 1.29 is 14.6 Å². The van der Waals surface area contributed by atoms with Gasteiger partial charge in [-0.15, -0.1) is 0 Å². The van der Waals surface area contributed by atoms with E-state index in [1.165, 1.54) is 0 Å². The van der Waals surface area contributed by atoms with Crippen LogP contribution in [-0.4, -0.2) is 17.6 Å². The average molecular weight is 333 g/mol. The van der Waals surface area contributed by atoms with E-state index in [2.05, 4.69) is 5.32 Å². The third-order valence-corrected chi connectivity index (χ3v) is 3.76. The zero-order valence-electron chi connectivity index (χ0n) is 13.9. The van der Waals surface area contributed by atoms with Gasteiger partial charge in [0.25, 0.3) is 5.91 Å². The normalized spacial score (nSPS) is 10.3. The number of aromatic hydroxyl groups is 1. The summed E-state index contributed by atoms with van der Waals surface area (Å²) in [5.74, 6) is 0.329. The van der Waals surface area contributed by atoms with E-state index in [9.17, 15) is 9.90 Å². The summed E-state index contributed by atoms with van der Waals surface area (Å²) in [4.78, 5) is 12.0. The Morgan fingerprint density at radius 2 is 1.64 bits per heavy atom. The first-order valence-electron chi connectivity index (χ1n) is 7.99. The van der Waals surface area contributed by atoms with Crippen molar-refractivity contribution in [2.75, 3.05) is 11.9 Å². The summed E-state index contributed by atoms with van der Waals surface area (Å²) >= 11 is 0. The van der Waals surface area contributed by atoms with Crippen molar-refractivity contribution in [3.8, 4) is 22.6 Å². The van der Waals surface area contributed by atoms with Crippen molar-refractivity contribution in [3.63, 3.8) is 0 Å². The van der Waals surface area contributed by atoms with Gasteiger partial charge < -0.3 is 15.2 Å². The zero-order valence-corrected chi connectivity index (χ0v) is 13.9. The number of hydrogen-bond donors (Lipinski definition) is 2. The number of nitrogens with one attached hydrogen (secondary N) is 1. The number of phenols is 1. The second-order valence-electron chi connectivity index (χ2n) is 5.75. The van der Waals surface area contributed by atoms with Gasteiger partial charge in [0, 0.05) is 0 Å². The van der Waals surface area contributed by atoms with Crippen LogP contribution in [-0.2, 0) is 4.79 Å². The Balaban J connectivity index is 1.57. The van der Waals surface area contributed by atoms with E-state index in [1.54, 1.807) is 12.1 Å². The first kappa shape index (κ1) is 16.6. The van der Waals surface area contributed by atoms with Crippen LogP contribution in [0.2, 0.25) is 0 Å². The second-order valence-corrected chi connectivity index (χ2v) is 5.75. The Bertz CT molecular complexity index is 858. The van der Waals surface area contributed by atoms with E-state index in [4.69, 9.17) is 4.74 Å². The lowest BCUT2D eigenvalue weighted by Crippen LogP contribution is -2.20. The van der Waals surface area contributed by atoms with Crippen LogP contribution >= 0.6 is 0 Å². The predicted molar refractivity (Wildman–Crippen MR) is 98.8 cm³/mol. The van der Waals surface area contributed by atoms with Crippen LogP contribution in [0.3, 0.4) is 0 Å². The molecular formula is C21H19NO3. The van der Waals surface area contributed by atoms with Crippen molar-refractivity contribution >= 4 is 11.6 Å². The van der Waals surface area contributed by atoms with Gasteiger partial charge in [0.2, 0.25) is 0 Å². The van der Waals surface area contributed by atoms with Gasteiger partial charge >= 0.3 is 0 Å². The van der Waals surface area contributed by atoms with E-state index in [0.717, 1.165) is 16.7 Å². The monoisotopic (exact) mass is 333 g/mol. The van der Waals surface area contributed by atoms with Crippen LogP contribution in [0.1, 0.15) is 5.56 Å². The van der Waals surface area contributed by atoms with Crippen LogP contribution in [0.5, 0.6) is 11.5 Å². The molecular weight excluding hydrogens is 314 g/mol. The summed E-state index contributed by atoms with van der Waals surface area (Å²) in [6, 6.07) is 22.7. The van der Waals surface area contributed by atoms with E-state index in [-0.39, 0.29) is 18.3 Å². The van der Waals surface area contributed by atoms with Gasteiger partial charge in [-0.25, -0.2) is 0 Å². The summed E-state index contributed by atoms with van der Waals surface area (Å²) < 4.78 is 5.50. The molecule has 0 aliphatic rings. The van der Waals surface area contributed by atoms with E-state index >= 15 is 0 Å². The zero-order chi connectivity index (χ0) is 17.6. The molecule has 0 unspecified atom stereocenters. The maximum Gasteiger partial charge on any atom is 0.262 e. The van der Waals surface area contributed by atoms with Gasteiger partial charge in [-0.2, -0.15) is 0 Å². The fourth-order valence-corrected chi connectivity index (χ4v) is 2.46. The molecule has 0 saturated carbocycles. The Morgan fingerprint density at radius 3 is 2.32 bits per heavy atom. The SMILES string of the molecule is Cc1ccc(NC(=O)COc2ccc(-c3ccccc3)cc2)c(O)c1. The molecule has 1 amide bonds. The lowest BCUT2D eigenvalue weighted by Gasteiger charge is -2.10. The Labute approximate surface area is 146 Å². The molecule has 0 radical (unpaired) electrons. The summed E-state index contributed by atoms with van der Waals surface area (Å²) in [5.41, 5.74) is 3.51. The maximum absolute atomic E-state index is 12.0. The van der Waals surface area contributed by atoms with Crippen molar-refractivity contribution in [2.24, 2.45) is 0 Å². The topological polar surface area (TPSA) is 58.6 Å². The largest absolute Gasteiger partial charge is 0.506 e. The fourth-order valence-electron chi connectivity index (χ4n) is 2.46. The maximum atomic E-state index is 12.0. The highest BCUT2D eigenvalue weighted by Crippen LogP contribution is 2.24. The van der Waals surface area contributed by atoms with Crippen molar-refractivity contribution in [1.29, 1.82) is 0 Å². The molecule has 0 fully saturated rings. The van der Waals surface area contributed by atoms with Crippen molar-refractivity contribution in [3.05, 3.63) is 78.4 Å². The first-order chi connectivity index (χ1) is 12.1. The Kier molecular flexibility index (Phi) is 5.00. The van der Waals surface area contributed by atoms with Crippen LogP contribution in [0.15, 0.2) is 72.8 Å². The molecule has 3 aromatic carbocycles. The number of ether oxygens (including phenoxy) is 1. The van der Waals surface area contributed by atoms with Crippen LogP contribution in [0.25, 0.3) is 11.1 Å². The number of phenolic OH excluding ortho intramolecular Hbond substituents is 1. The molecule has 3 aromatic rings. The number of amides is 1. The third-order valence-electron chi connectivity index (χ3n) is 3.76. The number of hydrogen-bond acceptors (Lipinski definition) is 3. The fraction of sp³-hybridized carbons (Fsp3) is 0.0952. The molecule has 3 rings (SSSR count). The minimum absolute atomic E-state index is 0.0422. The third kappa shape index (κ3) is 4.38. The van der Waals surface area contributed by atoms with Gasteiger partial charge in [0.15, 0.2) is 6.61 Å². The smallest absolute Gasteiger partial charge is 0.262 e. The minimum Gasteiger partial charge on any atom is -0.506 e. The molecule has 0 aliphatic heterocycles. The summed E-state index contributed by atoms with van der Waals surface area (Å²) in [6.07, 6.45) is 0. The molecule has 25 heavy (non-hydrogen) atoms. The van der Waals surface area contributed by atoms with Crippen LogP contribution in [0.4, 0.5) is 5.69 Å². The summed E-state index contributed by atoms with van der Waals surface area (Å²) in [5, 5.41) is 12.4. The molecule has 0 aliphatic carbocycles. The molecule has 4 nitrogen and oxygen atoms in total. The highest BCUT2D eigenvalue weighted by molar-refractivity contribution is 5.93. The number of anilines is 1. The molecule has 0 heterocycles.